The van der Waals surface area contributed by atoms with Crippen molar-refractivity contribution in [3.05, 3.63) is 29.8 Å². The lowest BCUT2D eigenvalue weighted by atomic mass is 10.2. The molecule has 0 aliphatic carbocycles. The van der Waals surface area contributed by atoms with E-state index in [0.717, 1.165) is 26.2 Å². The number of benzene rings is 1. The Morgan fingerprint density at radius 2 is 1.62 bits per heavy atom. The van der Waals surface area contributed by atoms with Gasteiger partial charge in [-0.2, -0.15) is 0 Å². The normalized spacial score (nSPS) is 19.8. The summed E-state index contributed by atoms with van der Waals surface area (Å²) in [5, 5.41) is 9.48. The van der Waals surface area contributed by atoms with Crippen LogP contribution in [0.3, 0.4) is 0 Å². The first-order valence-electron chi connectivity index (χ1n) is 5.90. The van der Waals surface area contributed by atoms with Gasteiger partial charge in [0.05, 0.1) is 0 Å². The summed E-state index contributed by atoms with van der Waals surface area (Å²) >= 11 is 0. The third-order valence-electron chi connectivity index (χ3n) is 3.24. The smallest absolute Gasteiger partial charge is 0.104 e. The second-order valence-corrected chi connectivity index (χ2v) is 4.49. The highest BCUT2D eigenvalue weighted by atomic mass is 16.3. The molecule has 0 bridgehead atoms. The standard InChI is InChI=1S/C13H20N2O/c1-11-3-5-13(6-4-11)15-9-7-14(8-10-15)12(2)16/h3-6,12,16H,7-10H2,1-2H3. The van der Waals surface area contributed by atoms with Gasteiger partial charge in [-0.1, -0.05) is 17.7 Å². The van der Waals surface area contributed by atoms with Crippen molar-refractivity contribution in [3.63, 3.8) is 0 Å². The zero-order valence-electron chi connectivity index (χ0n) is 10.1. The van der Waals surface area contributed by atoms with Crippen molar-refractivity contribution in [1.82, 2.24) is 4.90 Å². The number of hydrogen-bond donors (Lipinski definition) is 1. The van der Waals surface area contributed by atoms with Crippen molar-refractivity contribution in [2.45, 2.75) is 20.1 Å². The van der Waals surface area contributed by atoms with Gasteiger partial charge in [0.15, 0.2) is 0 Å². The summed E-state index contributed by atoms with van der Waals surface area (Å²) in [5.41, 5.74) is 2.59. The van der Waals surface area contributed by atoms with E-state index in [4.69, 9.17) is 0 Å². The minimum atomic E-state index is -0.319. The Labute approximate surface area is 97.3 Å². The Balaban J connectivity index is 1.96. The summed E-state index contributed by atoms with van der Waals surface area (Å²) in [6, 6.07) is 8.65. The molecule has 0 amide bonds. The first kappa shape index (κ1) is 11.4. The van der Waals surface area contributed by atoms with Crippen molar-refractivity contribution in [2.24, 2.45) is 0 Å². The number of aryl methyl sites for hydroxylation is 1. The molecule has 16 heavy (non-hydrogen) atoms. The van der Waals surface area contributed by atoms with Gasteiger partial charge in [0.2, 0.25) is 0 Å². The third-order valence-corrected chi connectivity index (χ3v) is 3.24. The van der Waals surface area contributed by atoms with Gasteiger partial charge in [0.1, 0.15) is 6.23 Å². The number of piperazine rings is 1. The predicted molar refractivity (Wildman–Crippen MR) is 66.6 cm³/mol. The molecule has 1 fully saturated rings. The molecule has 88 valence electrons. The predicted octanol–water partition coefficient (Wildman–Crippen LogP) is 1.46. The van der Waals surface area contributed by atoms with E-state index >= 15 is 0 Å². The second kappa shape index (κ2) is 4.85. The van der Waals surface area contributed by atoms with Crippen molar-refractivity contribution in [1.29, 1.82) is 0 Å². The van der Waals surface area contributed by atoms with Gasteiger partial charge in [-0.15, -0.1) is 0 Å². The fraction of sp³-hybridized carbons (Fsp3) is 0.538. The Hall–Kier alpha value is -1.06. The monoisotopic (exact) mass is 220 g/mol. The number of nitrogens with zero attached hydrogens (tertiary/aromatic N) is 2. The van der Waals surface area contributed by atoms with E-state index in [9.17, 15) is 5.11 Å². The van der Waals surface area contributed by atoms with E-state index in [1.165, 1.54) is 11.3 Å². The topological polar surface area (TPSA) is 26.7 Å². The molecule has 1 aromatic rings. The van der Waals surface area contributed by atoms with Gasteiger partial charge in [-0.05, 0) is 26.0 Å². The summed E-state index contributed by atoms with van der Waals surface area (Å²) in [7, 11) is 0. The molecular formula is C13H20N2O. The molecule has 1 N–H and O–H groups in total. The van der Waals surface area contributed by atoms with Crippen LogP contribution in [0.15, 0.2) is 24.3 Å². The SMILES string of the molecule is Cc1ccc(N2CCN(C(C)O)CC2)cc1. The zero-order valence-corrected chi connectivity index (χ0v) is 10.1. The average Bonchev–Trinajstić information content (AvgIpc) is 2.30. The van der Waals surface area contributed by atoms with E-state index in [2.05, 4.69) is 41.0 Å². The van der Waals surface area contributed by atoms with Crippen LogP contribution in [-0.4, -0.2) is 42.4 Å². The van der Waals surface area contributed by atoms with Crippen molar-refractivity contribution in [2.75, 3.05) is 31.1 Å². The van der Waals surface area contributed by atoms with Gasteiger partial charge < -0.3 is 10.0 Å². The van der Waals surface area contributed by atoms with Crippen LogP contribution in [0.2, 0.25) is 0 Å². The molecule has 0 saturated carbocycles. The van der Waals surface area contributed by atoms with Gasteiger partial charge in [-0.25, -0.2) is 0 Å². The molecule has 0 spiro atoms. The van der Waals surface area contributed by atoms with Gasteiger partial charge in [0.25, 0.3) is 0 Å². The number of aliphatic hydroxyl groups excluding tert-OH is 1. The van der Waals surface area contributed by atoms with Crippen LogP contribution in [0.1, 0.15) is 12.5 Å². The molecule has 1 unspecified atom stereocenters. The first-order valence-corrected chi connectivity index (χ1v) is 5.90. The molecule has 1 aliphatic rings. The average molecular weight is 220 g/mol. The minimum Gasteiger partial charge on any atom is -0.379 e. The maximum absolute atomic E-state index is 9.48. The first-order chi connectivity index (χ1) is 7.66. The van der Waals surface area contributed by atoms with Crippen LogP contribution in [0.5, 0.6) is 0 Å². The zero-order chi connectivity index (χ0) is 11.5. The number of hydrogen-bond acceptors (Lipinski definition) is 3. The summed E-state index contributed by atoms with van der Waals surface area (Å²) in [6.45, 7) is 7.80. The van der Waals surface area contributed by atoms with E-state index in [1.54, 1.807) is 0 Å². The van der Waals surface area contributed by atoms with Gasteiger partial charge >= 0.3 is 0 Å². The number of rotatable bonds is 2. The largest absolute Gasteiger partial charge is 0.379 e. The summed E-state index contributed by atoms with van der Waals surface area (Å²) in [5.74, 6) is 0. The highest BCUT2D eigenvalue weighted by molar-refractivity contribution is 5.47. The van der Waals surface area contributed by atoms with E-state index in [0.29, 0.717) is 0 Å². The molecule has 0 aromatic heterocycles. The molecule has 0 radical (unpaired) electrons. The van der Waals surface area contributed by atoms with Gasteiger partial charge in [-0.3, -0.25) is 4.90 Å². The van der Waals surface area contributed by atoms with Crippen molar-refractivity contribution in [3.8, 4) is 0 Å². The number of aliphatic hydroxyl groups is 1. The Kier molecular flexibility index (Phi) is 3.46. The molecule has 3 heteroatoms. The van der Waals surface area contributed by atoms with Crippen LogP contribution in [-0.2, 0) is 0 Å². The molecule has 3 nitrogen and oxygen atoms in total. The Bertz CT molecular complexity index is 326. The lowest BCUT2D eigenvalue weighted by molar-refractivity contribution is 0.0153. The van der Waals surface area contributed by atoms with E-state index in [-0.39, 0.29) is 6.23 Å². The van der Waals surface area contributed by atoms with Crippen LogP contribution >= 0.6 is 0 Å². The fourth-order valence-electron chi connectivity index (χ4n) is 2.11. The van der Waals surface area contributed by atoms with Crippen molar-refractivity contribution < 1.29 is 5.11 Å². The molecule has 1 aromatic carbocycles. The fourth-order valence-corrected chi connectivity index (χ4v) is 2.11. The second-order valence-electron chi connectivity index (χ2n) is 4.49. The van der Waals surface area contributed by atoms with Crippen LogP contribution in [0.25, 0.3) is 0 Å². The molecule has 1 saturated heterocycles. The van der Waals surface area contributed by atoms with Gasteiger partial charge in [0, 0.05) is 31.9 Å². The highest BCUT2D eigenvalue weighted by Crippen LogP contribution is 2.17. The Morgan fingerprint density at radius 1 is 1.06 bits per heavy atom. The minimum absolute atomic E-state index is 0.319. The molecule has 1 atom stereocenters. The maximum atomic E-state index is 9.48. The molecule has 1 aliphatic heterocycles. The highest BCUT2D eigenvalue weighted by Gasteiger charge is 2.19. The maximum Gasteiger partial charge on any atom is 0.104 e. The summed E-state index contributed by atoms with van der Waals surface area (Å²) in [6.07, 6.45) is -0.319. The lowest BCUT2D eigenvalue weighted by Gasteiger charge is -2.37. The molecule has 2 rings (SSSR count). The summed E-state index contributed by atoms with van der Waals surface area (Å²) < 4.78 is 0. The quantitative estimate of drug-likeness (QED) is 0.817. The van der Waals surface area contributed by atoms with E-state index < -0.39 is 0 Å². The Morgan fingerprint density at radius 3 is 2.12 bits per heavy atom. The third kappa shape index (κ3) is 2.54. The van der Waals surface area contributed by atoms with Crippen LogP contribution in [0.4, 0.5) is 5.69 Å². The van der Waals surface area contributed by atoms with E-state index in [1.807, 2.05) is 6.92 Å². The number of anilines is 1. The van der Waals surface area contributed by atoms with Crippen LogP contribution < -0.4 is 4.90 Å². The van der Waals surface area contributed by atoms with Crippen LogP contribution in [0, 0.1) is 6.92 Å². The lowest BCUT2D eigenvalue weighted by Crippen LogP contribution is -2.49. The molecular weight excluding hydrogens is 200 g/mol. The molecule has 1 heterocycles. The summed E-state index contributed by atoms with van der Waals surface area (Å²) in [4.78, 5) is 4.48. The van der Waals surface area contributed by atoms with Crippen molar-refractivity contribution >= 4 is 5.69 Å².